The van der Waals surface area contributed by atoms with E-state index in [1.807, 2.05) is 0 Å². The molecule has 0 aliphatic heterocycles. The lowest BCUT2D eigenvalue weighted by molar-refractivity contribution is -0.198. The fourth-order valence-electron chi connectivity index (χ4n) is 7.30. The van der Waals surface area contributed by atoms with Crippen LogP contribution in [0.15, 0.2) is 0 Å². The maximum Gasteiger partial charge on any atom is 0.151 e. The van der Waals surface area contributed by atoms with E-state index in [1.54, 1.807) is 0 Å². The first-order chi connectivity index (χ1) is 17.6. The molecule has 3 fully saturated rings. The van der Waals surface area contributed by atoms with Crippen LogP contribution < -0.4 is 0 Å². The van der Waals surface area contributed by atoms with Gasteiger partial charge in [-0.25, -0.2) is 4.39 Å². The Labute approximate surface area is 222 Å². The van der Waals surface area contributed by atoms with E-state index in [-0.39, 0.29) is 18.0 Å². The molecule has 3 rings (SSSR count). The molecule has 3 aliphatic rings. The Kier molecular flexibility index (Phi) is 13.2. The standard InChI is InChI=1S/C32H57FO3/c1-3-5-7-9-11-13-15-25-35-27-17-21-31(22-18-27)29(33)32(30(31)34)23-19-28(20-24-32)36-26-16-14-12-10-8-6-4-2/h27-29H,3-26H2,1-2H3/t27?,28?,29?,31-,32-. The molecule has 210 valence electrons. The first-order valence-corrected chi connectivity index (χ1v) is 16.0. The lowest BCUT2D eigenvalue weighted by atomic mass is 9.42. The van der Waals surface area contributed by atoms with Gasteiger partial charge in [0.25, 0.3) is 0 Å². The monoisotopic (exact) mass is 508 g/mol. The predicted molar refractivity (Wildman–Crippen MR) is 147 cm³/mol. The summed E-state index contributed by atoms with van der Waals surface area (Å²) in [6.45, 7) is 6.15. The second-order valence-electron chi connectivity index (χ2n) is 12.4. The summed E-state index contributed by atoms with van der Waals surface area (Å²) in [6, 6.07) is 0. The third-order valence-corrected chi connectivity index (χ3v) is 9.73. The number of ketones is 1. The van der Waals surface area contributed by atoms with Gasteiger partial charge in [-0.15, -0.1) is 0 Å². The second-order valence-corrected chi connectivity index (χ2v) is 12.4. The zero-order chi connectivity index (χ0) is 25.7. The highest BCUT2D eigenvalue weighted by molar-refractivity contribution is 5.98. The Bertz CT molecular complexity index is 555. The topological polar surface area (TPSA) is 35.5 Å². The van der Waals surface area contributed by atoms with Crippen molar-refractivity contribution in [2.75, 3.05) is 13.2 Å². The molecule has 0 heterocycles. The number of hydrogen-bond donors (Lipinski definition) is 0. The van der Waals surface area contributed by atoms with Gasteiger partial charge in [-0.05, 0) is 64.2 Å². The quantitative estimate of drug-likeness (QED) is 0.173. The molecule has 0 aromatic carbocycles. The van der Waals surface area contributed by atoms with Crippen LogP contribution >= 0.6 is 0 Å². The summed E-state index contributed by atoms with van der Waals surface area (Å²) in [5.74, 6) is 0.249. The number of alkyl halides is 1. The van der Waals surface area contributed by atoms with Crippen molar-refractivity contribution < 1.29 is 18.7 Å². The lowest BCUT2D eigenvalue weighted by Gasteiger charge is -2.61. The molecular formula is C32H57FO3. The van der Waals surface area contributed by atoms with E-state index < -0.39 is 17.0 Å². The third-order valence-electron chi connectivity index (χ3n) is 9.73. The average Bonchev–Trinajstić information content (AvgIpc) is 2.92. The summed E-state index contributed by atoms with van der Waals surface area (Å²) in [5.41, 5.74) is -1.38. The summed E-state index contributed by atoms with van der Waals surface area (Å²) in [4.78, 5) is 13.4. The third kappa shape index (κ3) is 7.78. The molecule has 0 atom stereocenters. The fraction of sp³-hybridized carbons (Fsp3) is 0.969. The van der Waals surface area contributed by atoms with Crippen LogP contribution in [-0.2, 0) is 14.3 Å². The molecule has 2 spiro atoms. The second kappa shape index (κ2) is 15.8. The zero-order valence-corrected chi connectivity index (χ0v) is 23.8. The minimum absolute atomic E-state index is 0.225. The molecule has 0 amide bonds. The highest BCUT2D eigenvalue weighted by Crippen LogP contribution is 2.64. The molecule has 0 radical (unpaired) electrons. The first kappa shape index (κ1) is 30.1. The van der Waals surface area contributed by atoms with Crippen molar-refractivity contribution in [3.63, 3.8) is 0 Å². The highest BCUT2D eigenvalue weighted by Gasteiger charge is 2.71. The van der Waals surface area contributed by atoms with Crippen molar-refractivity contribution in [3.8, 4) is 0 Å². The molecular weight excluding hydrogens is 451 g/mol. The van der Waals surface area contributed by atoms with E-state index in [0.29, 0.717) is 25.7 Å². The molecule has 3 aliphatic carbocycles. The molecule has 36 heavy (non-hydrogen) atoms. The molecule has 0 aromatic heterocycles. The van der Waals surface area contributed by atoms with Gasteiger partial charge in [0.15, 0.2) is 5.78 Å². The van der Waals surface area contributed by atoms with Gasteiger partial charge in [0.2, 0.25) is 0 Å². The number of hydrogen-bond acceptors (Lipinski definition) is 3. The number of rotatable bonds is 18. The average molecular weight is 509 g/mol. The van der Waals surface area contributed by atoms with Crippen LogP contribution in [0.1, 0.15) is 155 Å². The predicted octanol–water partition coefficient (Wildman–Crippen LogP) is 9.30. The summed E-state index contributed by atoms with van der Waals surface area (Å²) < 4.78 is 28.0. The van der Waals surface area contributed by atoms with Crippen LogP contribution in [0, 0.1) is 10.8 Å². The molecule has 4 heteroatoms. The van der Waals surface area contributed by atoms with Gasteiger partial charge in [0, 0.05) is 13.2 Å². The van der Waals surface area contributed by atoms with Gasteiger partial charge in [0.1, 0.15) is 6.17 Å². The van der Waals surface area contributed by atoms with Crippen LogP contribution in [0.5, 0.6) is 0 Å². The Morgan fingerprint density at radius 2 is 0.944 bits per heavy atom. The van der Waals surface area contributed by atoms with Crippen LogP contribution in [-0.4, -0.2) is 37.4 Å². The fourth-order valence-corrected chi connectivity index (χ4v) is 7.30. The van der Waals surface area contributed by atoms with E-state index in [1.165, 1.54) is 77.0 Å². The van der Waals surface area contributed by atoms with Gasteiger partial charge in [-0.1, -0.05) is 90.9 Å². The first-order valence-electron chi connectivity index (χ1n) is 16.0. The number of carbonyl (C=O) groups excluding carboxylic acids is 1. The Balaban J connectivity index is 1.27. The summed E-state index contributed by atoms with van der Waals surface area (Å²) >= 11 is 0. The maximum atomic E-state index is 15.8. The highest BCUT2D eigenvalue weighted by atomic mass is 19.1. The lowest BCUT2D eigenvalue weighted by Crippen LogP contribution is -2.69. The minimum atomic E-state index is -0.953. The van der Waals surface area contributed by atoms with Gasteiger partial charge >= 0.3 is 0 Å². The Morgan fingerprint density at radius 1 is 0.611 bits per heavy atom. The van der Waals surface area contributed by atoms with Crippen molar-refractivity contribution in [1.29, 1.82) is 0 Å². The molecule has 0 unspecified atom stereocenters. The van der Waals surface area contributed by atoms with Crippen LogP contribution in [0.2, 0.25) is 0 Å². The number of ether oxygens (including phenoxy) is 2. The Morgan fingerprint density at radius 3 is 1.28 bits per heavy atom. The number of carbonyl (C=O) groups is 1. The van der Waals surface area contributed by atoms with Crippen LogP contribution in [0.25, 0.3) is 0 Å². The van der Waals surface area contributed by atoms with Gasteiger partial charge < -0.3 is 9.47 Å². The number of Topliss-reactive ketones (excluding diaryl/α,β-unsaturated/α-hetero) is 1. The molecule has 0 bridgehead atoms. The maximum absolute atomic E-state index is 15.8. The molecule has 3 saturated carbocycles. The molecule has 3 nitrogen and oxygen atoms in total. The van der Waals surface area contributed by atoms with E-state index in [2.05, 4.69) is 13.8 Å². The summed E-state index contributed by atoms with van der Waals surface area (Å²) in [6.07, 6.45) is 23.7. The van der Waals surface area contributed by atoms with Crippen molar-refractivity contribution in [1.82, 2.24) is 0 Å². The van der Waals surface area contributed by atoms with E-state index >= 15 is 4.39 Å². The molecule has 0 N–H and O–H groups in total. The number of halogens is 1. The SMILES string of the molecule is CCCCCCCCCOC1CC[C@]2(CC1)C(=O)[C@@]1(CCC(OCCCCCCCCC)CC1)C2F. The largest absolute Gasteiger partial charge is 0.378 e. The minimum Gasteiger partial charge on any atom is -0.378 e. The van der Waals surface area contributed by atoms with E-state index in [9.17, 15) is 4.79 Å². The van der Waals surface area contributed by atoms with Crippen LogP contribution in [0.3, 0.4) is 0 Å². The Hall–Kier alpha value is -0.480. The van der Waals surface area contributed by atoms with Crippen molar-refractivity contribution in [3.05, 3.63) is 0 Å². The normalized spacial score (nSPS) is 32.3. The number of unbranched alkanes of at least 4 members (excludes halogenated alkanes) is 12. The van der Waals surface area contributed by atoms with Gasteiger partial charge in [-0.3, -0.25) is 4.79 Å². The summed E-state index contributed by atoms with van der Waals surface area (Å²) in [5, 5.41) is 0. The van der Waals surface area contributed by atoms with Crippen LogP contribution in [0.4, 0.5) is 4.39 Å². The molecule has 0 aromatic rings. The molecule has 0 saturated heterocycles. The summed E-state index contributed by atoms with van der Waals surface area (Å²) in [7, 11) is 0. The van der Waals surface area contributed by atoms with Gasteiger partial charge in [-0.2, -0.15) is 0 Å². The van der Waals surface area contributed by atoms with Crippen molar-refractivity contribution in [2.45, 2.75) is 173 Å². The van der Waals surface area contributed by atoms with Crippen molar-refractivity contribution in [2.24, 2.45) is 10.8 Å². The zero-order valence-electron chi connectivity index (χ0n) is 23.8. The van der Waals surface area contributed by atoms with E-state index in [4.69, 9.17) is 9.47 Å². The van der Waals surface area contributed by atoms with E-state index in [0.717, 1.165) is 51.7 Å². The van der Waals surface area contributed by atoms with Gasteiger partial charge in [0.05, 0.1) is 23.0 Å². The van der Waals surface area contributed by atoms with Crippen molar-refractivity contribution >= 4 is 5.78 Å². The smallest absolute Gasteiger partial charge is 0.151 e.